The van der Waals surface area contributed by atoms with Gasteiger partial charge in [0, 0.05) is 5.69 Å². The largest absolute Gasteiger partial charge is 0.480 e. The Morgan fingerprint density at radius 3 is 2.76 bits per heavy atom. The number of carbonyl (C=O) groups is 2. The van der Waals surface area contributed by atoms with Crippen molar-refractivity contribution in [3.63, 3.8) is 0 Å². The van der Waals surface area contributed by atoms with Crippen molar-refractivity contribution in [3.8, 4) is 0 Å². The fourth-order valence-electron chi connectivity index (χ4n) is 1.48. The van der Waals surface area contributed by atoms with Gasteiger partial charge in [-0.05, 0) is 13.3 Å². The van der Waals surface area contributed by atoms with Crippen molar-refractivity contribution in [2.75, 3.05) is 0 Å². The third kappa shape index (κ3) is 3.58. The average Bonchev–Trinajstić information content (AvgIpc) is 2.70. The number of hydrogen-bond donors (Lipinski definition) is 3. The van der Waals surface area contributed by atoms with Gasteiger partial charge < -0.3 is 10.4 Å². The second-order valence-corrected chi connectivity index (χ2v) is 3.92. The van der Waals surface area contributed by atoms with E-state index in [0.717, 1.165) is 12.8 Å². The monoisotopic (exact) mass is 239 g/mol. The molecule has 1 atom stereocenters. The van der Waals surface area contributed by atoms with Gasteiger partial charge in [-0.3, -0.25) is 9.89 Å². The maximum Gasteiger partial charge on any atom is 0.326 e. The molecule has 0 aliphatic carbocycles. The zero-order valence-corrected chi connectivity index (χ0v) is 9.99. The number of amides is 1. The van der Waals surface area contributed by atoms with Gasteiger partial charge in [0.25, 0.3) is 5.91 Å². The zero-order valence-electron chi connectivity index (χ0n) is 9.99. The van der Waals surface area contributed by atoms with E-state index in [0.29, 0.717) is 17.7 Å². The lowest BCUT2D eigenvalue weighted by molar-refractivity contribution is -0.139. The highest BCUT2D eigenvalue weighted by Crippen LogP contribution is 2.05. The minimum atomic E-state index is -1.01. The highest BCUT2D eigenvalue weighted by atomic mass is 16.4. The standard InChI is InChI=1S/C11H17N3O3/c1-3-4-5-9(11(16)17)13-10(15)8-6-12-14-7(8)2/h6,9H,3-5H2,1-2H3,(H,12,14)(H,13,15)(H,16,17). The molecular weight excluding hydrogens is 222 g/mol. The van der Waals surface area contributed by atoms with Crippen molar-refractivity contribution in [1.82, 2.24) is 15.5 Å². The van der Waals surface area contributed by atoms with E-state index in [1.807, 2.05) is 6.92 Å². The van der Waals surface area contributed by atoms with Gasteiger partial charge in [-0.2, -0.15) is 5.10 Å². The maximum atomic E-state index is 11.8. The number of carboxylic acids is 1. The van der Waals surface area contributed by atoms with Gasteiger partial charge in [-0.1, -0.05) is 19.8 Å². The van der Waals surface area contributed by atoms with E-state index in [2.05, 4.69) is 15.5 Å². The van der Waals surface area contributed by atoms with E-state index in [1.54, 1.807) is 6.92 Å². The first-order valence-corrected chi connectivity index (χ1v) is 5.60. The fraction of sp³-hybridized carbons (Fsp3) is 0.545. The predicted octanol–water partition coefficient (Wildman–Crippen LogP) is 1.09. The summed E-state index contributed by atoms with van der Waals surface area (Å²) in [5.41, 5.74) is 1.01. The number of unbranched alkanes of at least 4 members (excludes halogenated alkanes) is 1. The molecule has 0 aliphatic heterocycles. The zero-order chi connectivity index (χ0) is 12.8. The van der Waals surface area contributed by atoms with Crippen LogP contribution in [0.15, 0.2) is 6.20 Å². The number of nitrogens with zero attached hydrogens (tertiary/aromatic N) is 1. The fourth-order valence-corrected chi connectivity index (χ4v) is 1.48. The molecule has 0 saturated heterocycles. The van der Waals surface area contributed by atoms with Gasteiger partial charge in [0.15, 0.2) is 0 Å². The Morgan fingerprint density at radius 1 is 1.59 bits per heavy atom. The summed E-state index contributed by atoms with van der Waals surface area (Å²) >= 11 is 0. The van der Waals surface area contributed by atoms with Gasteiger partial charge in [0.2, 0.25) is 0 Å². The van der Waals surface area contributed by atoms with Crippen molar-refractivity contribution >= 4 is 11.9 Å². The third-order valence-corrected chi connectivity index (χ3v) is 2.52. The third-order valence-electron chi connectivity index (χ3n) is 2.52. The average molecular weight is 239 g/mol. The summed E-state index contributed by atoms with van der Waals surface area (Å²) in [6.45, 7) is 3.69. The van der Waals surface area contributed by atoms with Crippen LogP contribution in [0.4, 0.5) is 0 Å². The molecule has 1 heterocycles. The van der Waals surface area contributed by atoms with E-state index >= 15 is 0 Å². The first-order valence-electron chi connectivity index (χ1n) is 5.60. The first kappa shape index (κ1) is 13.2. The van der Waals surface area contributed by atoms with E-state index in [-0.39, 0.29) is 0 Å². The number of nitrogens with one attached hydrogen (secondary N) is 2. The minimum absolute atomic E-state index is 0.382. The molecule has 1 rings (SSSR count). The van der Waals surface area contributed by atoms with E-state index in [4.69, 9.17) is 5.11 Å². The van der Waals surface area contributed by atoms with Crippen LogP contribution in [0.2, 0.25) is 0 Å². The number of aryl methyl sites for hydroxylation is 1. The molecule has 17 heavy (non-hydrogen) atoms. The number of hydrogen-bond acceptors (Lipinski definition) is 3. The summed E-state index contributed by atoms with van der Waals surface area (Å²) in [5, 5.41) is 17.8. The summed E-state index contributed by atoms with van der Waals surface area (Å²) in [7, 11) is 0. The molecule has 0 bridgehead atoms. The van der Waals surface area contributed by atoms with Crippen LogP contribution < -0.4 is 5.32 Å². The summed E-state index contributed by atoms with van der Waals surface area (Å²) in [6, 6.07) is -0.836. The number of aromatic amines is 1. The smallest absolute Gasteiger partial charge is 0.326 e. The van der Waals surface area contributed by atoms with Crippen LogP contribution in [0.3, 0.4) is 0 Å². The molecule has 1 unspecified atom stereocenters. The highest BCUT2D eigenvalue weighted by molar-refractivity contribution is 5.97. The molecule has 0 saturated carbocycles. The Hall–Kier alpha value is -1.85. The Kier molecular flexibility index (Phi) is 4.68. The quantitative estimate of drug-likeness (QED) is 0.692. The van der Waals surface area contributed by atoms with Crippen molar-refractivity contribution in [2.24, 2.45) is 0 Å². The van der Waals surface area contributed by atoms with Gasteiger partial charge in [0.05, 0.1) is 11.8 Å². The molecule has 1 aromatic rings. The SMILES string of the molecule is CCCCC(NC(=O)c1cn[nH]c1C)C(=O)O. The van der Waals surface area contributed by atoms with Crippen molar-refractivity contribution in [3.05, 3.63) is 17.5 Å². The Balaban J connectivity index is 2.64. The van der Waals surface area contributed by atoms with Crippen LogP contribution in [-0.4, -0.2) is 33.2 Å². The molecule has 0 aromatic carbocycles. The molecule has 0 fully saturated rings. The van der Waals surface area contributed by atoms with Crippen LogP contribution >= 0.6 is 0 Å². The minimum Gasteiger partial charge on any atom is -0.480 e. The Morgan fingerprint density at radius 2 is 2.29 bits per heavy atom. The topological polar surface area (TPSA) is 95.1 Å². The Bertz CT molecular complexity index is 400. The molecule has 6 heteroatoms. The van der Waals surface area contributed by atoms with Gasteiger partial charge in [-0.15, -0.1) is 0 Å². The van der Waals surface area contributed by atoms with Gasteiger partial charge >= 0.3 is 5.97 Å². The second kappa shape index (κ2) is 6.03. The number of carbonyl (C=O) groups excluding carboxylic acids is 1. The van der Waals surface area contributed by atoms with Gasteiger partial charge in [0.1, 0.15) is 6.04 Å². The predicted molar refractivity (Wildman–Crippen MR) is 61.7 cm³/mol. The number of aromatic nitrogens is 2. The molecular formula is C11H17N3O3. The molecule has 94 valence electrons. The van der Waals surface area contributed by atoms with Crippen LogP contribution in [0.25, 0.3) is 0 Å². The molecule has 1 amide bonds. The Labute approximate surface area is 99.4 Å². The summed E-state index contributed by atoms with van der Waals surface area (Å²) < 4.78 is 0. The molecule has 3 N–H and O–H groups in total. The number of H-pyrrole nitrogens is 1. The lowest BCUT2D eigenvalue weighted by Crippen LogP contribution is -2.40. The molecule has 6 nitrogen and oxygen atoms in total. The number of carboxylic acid groups (broad SMARTS) is 1. The van der Waals surface area contributed by atoms with Crippen LogP contribution in [-0.2, 0) is 4.79 Å². The number of rotatable bonds is 6. The van der Waals surface area contributed by atoms with E-state index in [9.17, 15) is 9.59 Å². The van der Waals surface area contributed by atoms with E-state index < -0.39 is 17.9 Å². The molecule has 0 radical (unpaired) electrons. The molecule has 1 aromatic heterocycles. The lowest BCUT2D eigenvalue weighted by Gasteiger charge is -2.13. The van der Waals surface area contributed by atoms with Gasteiger partial charge in [-0.25, -0.2) is 4.79 Å². The van der Waals surface area contributed by atoms with Crippen molar-refractivity contribution < 1.29 is 14.7 Å². The van der Waals surface area contributed by atoms with Crippen molar-refractivity contribution in [2.45, 2.75) is 39.2 Å². The second-order valence-electron chi connectivity index (χ2n) is 3.92. The highest BCUT2D eigenvalue weighted by Gasteiger charge is 2.21. The summed E-state index contributed by atoms with van der Waals surface area (Å²) in [6.07, 6.45) is 3.49. The van der Waals surface area contributed by atoms with Crippen molar-refractivity contribution in [1.29, 1.82) is 0 Å². The first-order chi connectivity index (χ1) is 8.06. The van der Waals surface area contributed by atoms with Crippen LogP contribution in [0, 0.1) is 6.92 Å². The molecule has 0 spiro atoms. The van der Waals surface area contributed by atoms with Crippen LogP contribution in [0.1, 0.15) is 42.2 Å². The summed E-state index contributed by atoms with van der Waals surface area (Å²) in [4.78, 5) is 22.7. The van der Waals surface area contributed by atoms with E-state index in [1.165, 1.54) is 6.20 Å². The summed E-state index contributed by atoms with van der Waals surface area (Å²) in [5.74, 6) is -1.41. The lowest BCUT2D eigenvalue weighted by atomic mass is 10.1. The normalized spacial score (nSPS) is 12.1. The maximum absolute atomic E-state index is 11.8. The number of aliphatic carboxylic acids is 1. The van der Waals surface area contributed by atoms with Crippen LogP contribution in [0.5, 0.6) is 0 Å². The molecule has 0 aliphatic rings.